The Morgan fingerprint density at radius 3 is 3.11 bits per heavy atom. The lowest BCUT2D eigenvalue weighted by Gasteiger charge is -2.20. The van der Waals surface area contributed by atoms with Crippen molar-refractivity contribution in [2.45, 2.75) is 6.42 Å². The highest BCUT2D eigenvalue weighted by Crippen LogP contribution is 2.24. The van der Waals surface area contributed by atoms with Gasteiger partial charge < -0.3 is 10.2 Å². The molecule has 2 aromatic rings. The first-order valence-corrected chi connectivity index (χ1v) is 6.00. The first kappa shape index (κ1) is 11.2. The molecule has 8 heteroatoms. The summed E-state index contributed by atoms with van der Waals surface area (Å²) < 4.78 is 0. The van der Waals surface area contributed by atoms with E-state index in [0.29, 0.717) is 31.7 Å². The van der Waals surface area contributed by atoms with Crippen molar-refractivity contribution in [1.29, 1.82) is 0 Å². The number of halogens is 1. The van der Waals surface area contributed by atoms with Crippen molar-refractivity contribution in [3.8, 4) is 0 Å². The van der Waals surface area contributed by atoms with E-state index in [1.807, 2.05) is 4.90 Å². The molecule has 0 spiro atoms. The number of H-pyrrole nitrogens is 1. The Labute approximate surface area is 108 Å². The summed E-state index contributed by atoms with van der Waals surface area (Å²) in [5.41, 5.74) is 0.605. The molecular formula is C10H11ClN6O. The van der Waals surface area contributed by atoms with E-state index in [9.17, 15) is 4.79 Å². The minimum absolute atomic E-state index is 0.0566. The van der Waals surface area contributed by atoms with Gasteiger partial charge >= 0.3 is 0 Å². The molecule has 1 amide bonds. The second kappa shape index (κ2) is 4.41. The summed E-state index contributed by atoms with van der Waals surface area (Å²) in [4.78, 5) is 21.6. The van der Waals surface area contributed by atoms with Crippen LogP contribution in [0, 0.1) is 0 Å². The maximum Gasteiger partial charge on any atom is 0.226 e. The molecule has 0 unspecified atom stereocenters. The summed E-state index contributed by atoms with van der Waals surface area (Å²) in [6.45, 7) is 1.90. The second-order valence-corrected chi connectivity index (χ2v) is 4.37. The fraction of sp³-hybridized carbons (Fsp3) is 0.400. The number of amides is 1. The van der Waals surface area contributed by atoms with E-state index >= 15 is 0 Å². The van der Waals surface area contributed by atoms with Crippen LogP contribution in [0.25, 0.3) is 11.0 Å². The van der Waals surface area contributed by atoms with Gasteiger partial charge in [-0.05, 0) is 11.6 Å². The molecule has 1 fully saturated rings. The number of nitrogens with one attached hydrogen (secondary N) is 2. The number of fused-ring (bicyclic) bond motifs is 1. The van der Waals surface area contributed by atoms with Crippen LogP contribution in [0.5, 0.6) is 0 Å². The van der Waals surface area contributed by atoms with Crippen molar-refractivity contribution in [2.24, 2.45) is 0 Å². The number of carbonyl (C=O) groups excluding carboxylic acids is 1. The van der Waals surface area contributed by atoms with E-state index in [1.54, 1.807) is 6.20 Å². The molecule has 0 radical (unpaired) electrons. The van der Waals surface area contributed by atoms with E-state index in [-0.39, 0.29) is 11.2 Å². The maximum atomic E-state index is 11.3. The van der Waals surface area contributed by atoms with Crippen LogP contribution in [0.4, 0.5) is 5.82 Å². The Morgan fingerprint density at radius 1 is 1.33 bits per heavy atom. The fourth-order valence-corrected chi connectivity index (χ4v) is 2.18. The molecule has 7 nitrogen and oxygen atoms in total. The summed E-state index contributed by atoms with van der Waals surface area (Å²) in [6, 6.07) is 0. The molecular weight excluding hydrogens is 256 g/mol. The highest BCUT2D eigenvalue weighted by molar-refractivity contribution is 6.28. The Hall–Kier alpha value is -1.89. The van der Waals surface area contributed by atoms with Gasteiger partial charge in [0.2, 0.25) is 11.2 Å². The van der Waals surface area contributed by atoms with Gasteiger partial charge in [-0.1, -0.05) is 0 Å². The summed E-state index contributed by atoms with van der Waals surface area (Å²) in [5.74, 6) is 0.774. The number of aromatic amines is 1. The number of anilines is 1. The van der Waals surface area contributed by atoms with Gasteiger partial charge in [0.1, 0.15) is 5.82 Å². The average Bonchev–Trinajstić information content (AvgIpc) is 2.70. The van der Waals surface area contributed by atoms with Crippen LogP contribution in [0.15, 0.2) is 6.20 Å². The van der Waals surface area contributed by atoms with E-state index in [0.717, 1.165) is 11.2 Å². The molecule has 0 atom stereocenters. The van der Waals surface area contributed by atoms with Crippen LogP contribution >= 0.6 is 11.6 Å². The monoisotopic (exact) mass is 266 g/mol. The highest BCUT2D eigenvalue weighted by Gasteiger charge is 2.18. The first-order valence-electron chi connectivity index (χ1n) is 5.62. The Morgan fingerprint density at radius 2 is 2.22 bits per heavy atom. The van der Waals surface area contributed by atoms with Crippen LogP contribution in [-0.2, 0) is 4.79 Å². The van der Waals surface area contributed by atoms with E-state index < -0.39 is 0 Å². The van der Waals surface area contributed by atoms with Crippen molar-refractivity contribution in [2.75, 3.05) is 24.5 Å². The fourth-order valence-electron chi connectivity index (χ4n) is 2.01. The lowest BCUT2D eigenvalue weighted by atomic mass is 10.3. The molecule has 18 heavy (non-hydrogen) atoms. The Bertz CT molecular complexity index is 597. The minimum atomic E-state index is 0.0566. The van der Waals surface area contributed by atoms with E-state index in [4.69, 9.17) is 11.6 Å². The molecule has 2 N–H and O–H groups in total. The van der Waals surface area contributed by atoms with E-state index in [1.165, 1.54) is 0 Å². The quantitative estimate of drug-likeness (QED) is 0.727. The van der Waals surface area contributed by atoms with Crippen molar-refractivity contribution in [1.82, 2.24) is 25.5 Å². The van der Waals surface area contributed by atoms with Gasteiger partial charge in [-0.25, -0.2) is 0 Å². The maximum absolute atomic E-state index is 11.3. The van der Waals surface area contributed by atoms with Crippen molar-refractivity contribution in [3.63, 3.8) is 0 Å². The molecule has 0 bridgehead atoms. The Kier molecular flexibility index (Phi) is 2.75. The lowest BCUT2D eigenvalue weighted by Crippen LogP contribution is -2.29. The number of aromatic nitrogens is 4. The van der Waals surface area contributed by atoms with Crippen molar-refractivity contribution >= 4 is 34.4 Å². The van der Waals surface area contributed by atoms with Crippen LogP contribution in [0.1, 0.15) is 6.42 Å². The number of carbonyl (C=O) groups is 1. The van der Waals surface area contributed by atoms with Gasteiger partial charge in [-0.15, -0.1) is 0 Å². The normalized spacial score (nSPS) is 16.7. The summed E-state index contributed by atoms with van der Waals surface area (Å²) in [7, 11) is 0. The largest absolute Gasteiger partial charge is 0.354 e. The number of hydrogen-bond acceptors (Lipinski definition) is 5. The molecule has 94 valence electrons. The molecule has 0 aliphatic carbocycles. The predicted molar refractivity (Wildman–Crippen MR) is 66.5 cm³/mol. The molecule has 3 heterocycles. The summed E-state index contributed by atoms with van der Waals surface area (Å²) in [6.07, 6.45) is 2.11. The minimum Gasteiger partial charge on any atom is -0.354 e. The predicted octanol–water partition coefficient (Wildman–Crippen LogP) is 0.333. The van der Waals surface area contributed by atoms with Gasteiger partial charge in [0.25, 0.3) is 0 Å². The first-order chi connectivity index (χ1) is 8.74. The second-order valence-electron chi connectivity index (χ2n) is 4.04. The Balaban J connectivity index is 2.02. The van der Waals surface area contributed by atoms with Crippen LogP contribution in [-0.4, -0.2) is 45.7 Å². The third kappa shape index (κ3) is 1.97. The lowest BCUT2D eigenvalue weighted by molar-refractivity contribution is -0.120. The van der Waals surface area contributed by atoms with Crippen LogP contribution in [0.2, 0.25) is 5.28 Å². The molecule has 3 rings (SSSR count). The summed E-state index contributed by atoms with van der Waals surface area (Å²) >= 11 is 5.89. The van der Waals surface area contributed by atoms with Crippen LogP contribution < -0.4 is 10.2 Å². The zero-order chi connectivity index (χ0) is 12.5. The number of rotatable bonds is 1. The van der Waals surface area contributed by atoms with Gasteiger partial charge in [0, 0.05) is 26.1 Å². The standard InChI is InChI=1S/C10H11ClN6O/c11-10-14-8-6(5-13-16-8)9(15-10)17-3-1-7(18)12-2-4-17/h5H,1-4H2,(H,12,18)(H,13,14,15,16). The molecule has 0 aromatic carbocycles. The van der Waals surface area contributed by atoms with Crippen molar-refractivity contribution in [3.05, 3.63) is 11.5 Å². The zero-order valence-electron chi connectivity index (χ0n) is 9.48. The molecule has 1 aliphatic heterocycles. The van der Waals surface area contributed by atoms with Gasteiger partial charge in [-0.3, -0.25) is 9.89 Å². The molecule has 0 saturated carbocycles. The third-order valence-corrected chi connectivity index (χ3v) is 3.04. The highest BCUT2D eigenvalue weighted by atomic mass is 35.5. The van der Waals surface area contributed by atoms with Gasteiger partial charge in [0.15, 0.2) is 5.65 Å². The zero-order valence-corrected chi connectivity index (χ0v) is 10.2. The van der Waals surface area contributed by atoms with Gasteiger partial charge in [0.05, 0.1) is 11.6 Å². The SMILES string of the molecule is O=C1CCN(c2nc(Cl)nc3[nH]ncc23)CCN1. The summed E-state index contributed by atoms with van der Waals surface area (Å²) in [5, 5.41) is 10.5. The number of hydrogen-bond donors (Lipinski definition) is 2. The third-order valence-electron chi connectivity index (χ3n) is 2.87. The van der Waals surface area contributed by atoms with Crippen molar-refractivity contribution < 1.29 is 4.79 Å². The van der Waals surface area contributed by atoms with E-state index in [2.05, 4.69) is 25.5 Å². The molecule has 2 aromatic heterocycles. The smallest absolute Gasteiger partial charge is 0.226 e. The van der Waals surface area contributed by atoms with Gasteiger partial charge in [-0.2, -0.15) is 15.1 Å². The topological polar surface area (TPSA) is 86.8 Å². The molecule has 1 aliphatic rings. The number of nitrogens with zero attached hydrogens (tertiary/aromatic N) is 4. The average molecular weight is 267 g/mol. The van der Waals surface area contributed by atoms with Crippen LogP contribution in [0.3, 0.4) is 0 Å². The molecule has 1 saturated heterocycles.